The Morgan fingerprint density at radius 2 is 2.22 bits per heavy atom. The zero-order valence-electron chi connectivity index (χ0n) is 10.2. The molecule has 7 heteroatoms. The number of aryl methyl sites for hydroxylation is 1. The van der Waals surface area contributed by atoms with Gasteiger partial charge in [0.05, 0.1) is 11.2 Å². The lowest BCUT2D eigenvalue weighted by Gasteiger charge is -2.06. The molecule has 5 nitrogen and oxygen atoms in total. The molecule has 0 fully saturated rings. The van der Waals surface area contributed by atoms with Crippen molar-refractivity contribution in [3.8, 4) is 0 Å². The van der Waals surface area contributed by atoms with Crippen molar-refractivity contribution in [1.82, 2.24) is 15.0 Å². The van der Waals surface area contributed by atoms with Crippen LogP contribution in [0.3, 0.4) is 0 Å². The van der Waals surface area contributed by atoms with Crippen LogP contribution >= 0.6 is 11.3 Å². The first-order chi connectivity index (χ1) is 8.69. The van der Waals surface area contributed by atoms with Gasteiger partial charge in [-0.05, 0) is 6.92 Å². The molecule has 2 rings (SSSR count). The average Bonchev–Trinajstić information content (AvgIpc) is 2.77. The molecular weight excluding hydrogens is 253 g/mol. The number of rotatable bonds is 5. The van der Waals surface area contributed by atoms with Crippen molar-refractivity contribution in [2.45, 2.75) is 13.3 Å². The van der Waals surface area contributed by atoms with Gasteiger partial charge in [-0.25, -0.2) is 14.4 Å². The van der Waals surface area contributed by atoms with Crippen LogP contribution in [0.5, 0.6) is 0 Å². The zero-order valence-corrected chi connectivity index (χ0v) is 11.0. The van der Waals surface area contributed by atoms with Gasteiger partial charge in [0.15, 0.2) is 11.6 Å². The molecule has 0 amide bonds. The number of hydrogen-bond acceptors (Lipinski definition) is 6. The van der Waals surface area contributed by atoms with Crippen LogP contribution in [0.1, 0.15) is 10.7 Å². The summed E-state index contributed by atoms with van der Waals surface area (Å²) in [5.41, 5.74) is 1.01. The van der Waals surface area contributed by atoms with E-state index in [-0.39, 0.29) is 5.82 Å². The number of anilines is 2. The minimum absolute atomic E-state index is 0.211. The van der Waals surface area contributed by atoms with Crippen LogP contribution < -0.4 is 10.6 Å². The van der Waals surface area contributed by atoms with E-state index in [1.54, 1.807) is 18.4 Å². The summed E-state index contributed by atoms with van der Waals surface area (Å²) in [6.45, 7) is 2.54. The Hall–Kier alpha value is -1.76. The van der Waals surface area contributed by atoms with Crippen LogP contribution in [0.4, 0.5) is 16.2 Å². The van der Waals surface area contributed by atoms with Crippen molar-refractivity contribution in [2.75, 3.05) is 24.2 Å². The molecule has 96 valence electrons. The maximum Gasteiger partial charge on any atom is 0.224 e. The topological polar surface area (TPSA) is 62.7 Å². The maximum absolute atomic E-state index is 13.4. The predicted molar refractivity (Wildman–Crippen MR) is 70.6 cm³/mol. The second-order valence-electron chi connectivity index (χ2n) is 3.70. The molecule has 18 heavy (non-hydrogen) atoms. The third kappa shape index (κ3) is 3.13. The summed E-state index contributed by atoms with van der Waals surface area (Å²) in [6, 6.07) is 0. The fraction of sp³-hybridized carbons (Fsp3) is 0.364. The molecule has 0 aliphatic carbocycles. The number of halogens is 1. The minimum atomic E-state index is -0.454. The van der Waals surface area contributed by atoms with Crippen LogP contribution in [0, 0.1) is 12.7 Å². The fourth-order valence-corrected chi connectivity index (χ4v) is 2.19. The SMILES string of the molecule is CNc1ncc(F)c(NCCc2nc(C)cs2)n1. The maximum atomic E-state index is 13.4. The van der Waals surface area contributed by atoms with E-state index in [2.05, 4.69) is 25.6 Å². The van der Waals surface area contributed by atoms with Gasteiger partial charge >= 0.3 is 0 Å². The summed E-state index contributed by atoms with van der Waals surface area (Å²) >= 11 is 1.61. The normalized spacial score (nSPS) is 10.4. The summed E-state index contributed by atoms with van der Waals surface area (Å²) in [5, 5.41) is 8.74. The van der Waals surface area contributed by atoms with Crippen LogP contribution in [-0.2, 0) is 6.42 Å². The molecule has 2 aromatic heterocycles. The summed E-state index contributed by atoms with van der Waals surface area (Å²) in [5.74, 6) is 0.149. The Kier molecular flexibility index (Phi) is 4.03. The number of thiazole rings is 1. The molecule has 0 saturated heterocycles. The molecule has 2 N–H and O–H groups in total. The standard InChI is InChI=1S/C11H14FN5S/c1-7-6-18-9(16-7)3-4-14-10-8(12)5-15-11(13-2)17-10/h5-6H,3-4H2,1-2H3,(H2,13,14,15,17). The highest BCUT2D eigenvalue weighted by atomic mass is 32.1. The van der Waals surface area contributed by atoms with Gasteiger partial charge in [-0.2, -0.15) is 4.98 Å². The van der Waals surface area contributed by atoms with Crippen molar-refractivity contribution >= 4 is 23.1 Å². The molecule has 0 bridgehead atoms. The molecular formula is C11H14FN5S. The summed E-state index contributed by atoms with van der Waals surface area (Å²) in [4.78, 5) is 12.1. The van der Waals surface area contributed by atoms with E-state index in [4.69, 9.17) is 0 Å². The number of hydrogen-bond donors (Lipinski definition) is 2. The lowest BCUT2D eigenvalue weighted by Crippen LogP contribution is -2.09. The van der Waals surface area contributed by atoms with Crippen LogP contribution in [-0.4, -0.2) is 28.5 Å². The smallest absolute Gasteiger partial charge is 0.224 e. The van der Waals surface area contributed by atoms with Crippen molar-refractivity contribution in [3.05, 3.63) is 28.1 Å². The van der Waals surface area contributed by atoms with Gasteiger partial charge in [0.25, 0.3) is 0 Å². The first-order valence-electron chi connectivity index (χ1n) is 5.54. The third-order valence-corrected chi connectivity index (χ3v) is 3.29. The Balaban J connectivity index is 1.93. The molecule has 0 aliphatic rings. The quantitative estimate of drug-likeness (QED) is 0.868. The van der Waals surface area contributed by atoms with E-state index in [9.17, 15) is 4.39 Å². The van der Waals surface area contributed by atoms with Crippen molar-refractivity contribution < 1.29 is 4.39 Å². The number of nitrogens with one attached hydrogen (secondary N) is 2. The molecule has 2 heterocycles. The molecule has 0 saturated carbocycles. The molecule has 0 aromatic carbocycles. The highest BCUT2D eigenvalue weighted by Crippen LogP contribution is 2.13. The average molecular weight is 267 g/mol. The van der Waals surface area contributed by atoms with Gasteiger partial charge in [-0.1, -0.05) is 0 Å². The third-order valence-electron chi connectivity index (χ3n) is 2.27. The minimum Gasteiger partial charge on any atom is -0.367 e. The lowest BCUT2D eigenvalue weighted by atomic mass is 10.4. The van der Waals surface area contributed by atoms with Gasteiger partial charge in [-0.3, -0.25) is 0 Å². The summed E-state index contributed by atoms with van der Waals surface area (Å²) in [7, 11) is 1.69. The Bertz CT molecular complexity index is 528. The van der Waals surface area contributed by atoms with Gasteiger partial charge in [0.2, 0.25) is 5.95 Å². The second-order valence-corrected chi connectivity index (χ2v) is 4.64. The second kappa shape index (κ2) is 5.72. The predicted octanol–water partition coefficient (Wildman–Crippen LogP) is 2.08. The van der Waals surface area contributed by atoms with E-state index in [1.165, 1.54) is 0 Å². The zero-order chi connectivity index (χ0) is 13.0. The highest BCUT2D eigenvalue weighted by Gasteiger charge is 2.06. The first-order valence-corrected chi connectivity index (χ1v) is 6.42. The Labute approximate surface area is 109 Å². The molecule has 0 unspecified atom stereocenters. The monoisotopic (exact) mass is 267 g/mol. The van der Waals surface area contributed by atoms with Gasteiger partial charge in [0, 0.05) is 31.1 Å². The van der Waals surface area contributed by atoms with E-state index in [0.717, 1.165) is 23.3 Å². The Morgan fingerprint density at radius 3 is 2.89 bits per heavy atom. The number of nitrogens with zero attached hydrogens (tertiary/aromatic N) is 3. The number of aromatic nitrogens is 3. The van der Waals surface area contributed by atoms with Gasteiger partial charge < -0.3 is 10.6 Å². The summed E-state index contributed by atoms with van der Waals surface area (Å²) < 4.78 is 13.4. The molecule has 0 atom stereocenters. The van der Waals surface area contributed by atoms with Crippen LogP contribution in [0.2, 0.25) is 0 Å². The lowest BCUT2D eigenvalue weighted by molar-refractivity contribution is 0.617. The molecule has 0 spiro atoms. The highest BCUT2D eigenvalue weighted by molar-refractivity contribution is 7.09. The van der Waals surface area contributed by atoms with E-state index in [1.807, 2.05) is 12.3 Å². The largest absolute Gasteiger partial charge is 0.367 e. The van der Waals surface area contributed by atoms with Crippen molar-refractivity contribution in [2.24, 2.45) is 0 Å². The Morgan fingerprint density at radius 1 is 1.39 bits per heavy atom. The van der Waals surface area contributed by atoms with Crippen LogP contribution in [0.15, 0.2) is 11.6 Å². The van der Waals surface area contributed by atoms with E-state index < -0.39 is 5.82 Å². The van der Waals surface area contributed by atoms with Crippen molar-refractivity contribution in [1.29, 1.82) is 0 Å². The molecule has 0 aliphatic heterocycles. The van der Waals surface area contributed by atoms with Crippen molar-refractivity contribution in [3.63, 3.8) is 0 Å². The van der Waals surface area contributed by atoms with E-state index >= 15 is 0 Å². The van der Waals surface area contributed by atoms with Gasteiger partial charge in [0.1, 0.15) is 0 Å². The first kappa shape index (κ1) is 12.7. The van der Waals surface area contributed by atoms with Gasteiger partial charge in [-0.15, -0.1) is 11.3 Å². The molecule has 0 radical (unpaired) electrons. The van der Waals surface area contributed by atoms with E-state index in [0.29, 0.717) is 12.5 Å². The molecule has 2 aromatic rings. The summed E-state index contributed by atoms with van der Waals surface area (Å²) in [6.07, 6.45) is 1.89. The van der Waals surface area contributed by atoms with Crippen LogP contribution in [0.25, 0.3) is 0 Å². The fourth-order valence-electron chi connectivity index (χ4n) is 1.42.